The number of likely N-dealkylation sites (tertiary alicyclic amines) is 1. The minimum Gasteiger partial charge on any atom is -0.462 e. The molecule has 0 saturated carbocycles. The highest BCUT2D eigenvalue weighted by Crippen LogP contribution is 2.19. The fraction of sp³-hybridized carbons (Fsp3) is 0.556. The number of carbonyl (C=O) groups is 2. The maximum absolute atomic E-state index is 11.9. The number of halogens is 1. The fourth-order valence-electron chi connectivity index (χ4n) is 2.33. The maximum atomic E-state index is 11.9. The van der Waals surface area contributed by atoms with Crippen LogP contribution in [0.2, 0.25) is 0 Å². The molecule has 1 fully saturated rings. The molecule has 0 unspecified atom stereocenters. The predicted octanol–water partition coefficient (Wildman–Crippen LogP) is 3.20. The summed E-state index contributed by atoms with van der Waals surface area (Å²) < 4.78 is 5.52. The molecule has 1 aliphatic rings. The smallest absolute Gasteiger partial charge is 0.293 e. The standard InChI is InChI=1S/C13H17BrN2O.C5H10O2/c14-11-3-4-13(15)10(7-11)8-12(17)9-16-5-1-2-6-16;1-5(2,3)7-4-6/h3-4,7H,1-2,5-6,8-9,15H2;4H,1-3H3. The van der Waals surface area contributed by atoms with Crippen molar-refractivity contribution in [3.8, 4) is 0 Å². The van der Waals surface area contributed by atoms with Crippen LogP contribution in [0.1, 0.15) is 39.2 Å². The predicted molar refractivity (Wildman–Crippen MR) is 99.8 cm³/mol. The Morgan fingerprint density at radius 2 is 1.96 bits per heavy atom. The molecule has 2 rings (SSSR count). The van der Waals surface area contributed by atoms with Crippen molar-refractivity contribution in [1.82, 2.24) is 4.90 Å². The number of rotatable bonds is 5. The third-order valence-electron chi connectivity index (χ3n) is 3.49. The van der Waals surface area contributed by atoms with Crippen molar-refractivity contribution in [2.75, 3.05) is 25.4 Å². The molecule has 134 valence electrons. The van der Waals surface area contributed by atoms with Crippen molar-refractivity contribution >= 4 is 33.9 Å². The first kappa shape index (κ1) is 20.6. The summed E-state index contributed by atoms with van der Waals surface area (Å²) in [5.74, 6) is 0.247. The molecule has 24 heavy (non-hydrogen) atoms. The summed E-state index contributed by atoms with van der Waals surface area (Å²) in [5.41, 5.74) is 7.16. The molecule has 0 bridgehead atoms. The second kappa shape index (κ2) is 9.79. The van der Waals surface area contributed by atoms with E-state index in [9.17, 15) is 9.59 Å². The van der Waals surface area contributed by atoms with E-state index in [0.717, 1.165) is 23.1 Å². The first-order valence-electron chi connectivity index (χ1n) is 8.10. The van der Waals surface area contributed by atoms with E-state index < -0.39 is 0 Å². The second-order valence-electron chi connectivity index (χ2n) is 6.87. The van der Waals surface area contributed by atoms with Crippen molar-refractivity contribution in [1.29, 1.82) is 0 Å². The van der Waals surface area contributed by atoms with Crippen LogP contribution in [0.3, 0.4) is 0 Å². The van der Waals surface area contributed by atoms with Crippen molar-refractivity contribution in [2.45, 2.75) is 45.6 Å². The lowest BCUT2D eigenvalue weighted by molar-refractivity contribution is -0.138. The van der Waals surface area contributed by atoms with E-state index in [1.807, 2.05) is 39.0 Å². The number of nitrogen functional groups attached to an aromatic ring is 1. The lowest BCUT2D eigenvalue weighted by atomic mass is 10.1. The van der Waals surface area contributed by atoms with Crippen molar-refractivity contribution in [3.63, 3.8) is 0 Å². The molecule has 1 heterocycles. The van der Waals surface area contributed by atoms with Crippen LogP contribution in [0, 0.1) is 0 Å². The molecule has 5 nitrogen and oxygen atoms in total. The van der Waals surface area contributed by atoms with E-state index in [-0.39, 0.29) is 11.4 Å². The van der Waals surface area contributed by atoms with E-state index in [4.69, 9.17) is 5.73 Å². The normalized spacial score (nSPS) is 14.7. The molecule has 0 amide bonds. The SMILES string of the molecule is CC(C)(C)OC=O.Nc1ccc(Br)cc1CC(=O)CN1CCCC1. The summed E-state index contributed by atoms with van der Waals surface area (Å²) in [7, 11) is 0. The van der Waals surface area contributed by atoms with Gasteiger partial charge in [-0.15, -0.1) is 0 Å². The van der Waals surface area contributed by atoms with Crippen LogP contribution in [0.5, 0.6) is 0 Å². The zero-order valence-corrected chi connectivity index (χ0v) is 16.3. The molecule has 6 heteroatoms. The summed E-state index contributed by atoms with van der Waals surface area (Å²) in [4.78, 5) is 23.7. The third-order valence-corrected chi connectivity index (χ3v) is 3.99. The number of benzene rings is 1. The minimum absolute atomic E-state index is 0.247. The van der Waals surface area contributed by atoms with Crippen LogP contribution >= 0.6 is 15.9 Å². The van der Waals surface area contributed by atoms with Gasteiger partial charge >= 0.3 is 0 Å². The van der Waals surface area contributed by atoms with Crippen LogP contribution in [0.25, 0.3) is 0 Å². The number of hydrogen-bond acceptors (Lipinski definition) is 5. The highest BCUT2D eigenvalue weighted by Gasteiger charge is 2.16. The summed E-state index contributed by atoms with van der Waals surface area (Å²) >= 11 is 3.40. The first-order valence-corrected chi connectivity index (χ1v) is 8.90. The van der Waals surface area contributed by atoms with Gasteiger partial charge in [0.2, 0.25) is 0 Å². The van der Waals surface area contributed by atoms with Crippen LogP contribution in [-0.4, -0.2) is 42.4 Å². The Morgan fingerprint density at radius 3 is 2.46 bits per heavy atom. The quantitative estimate of drug-likeness (QED) is 0.608. The van der Waals surface area contributed by atoms with Gasteiger partial charge in [-0.05, 0) is 70.5 Å². The number of ether oxygens (including phenoxy) is 1. The van der Waals surface area contributed by atoms with Crippen molar-refractivity contribution in [2.24, 2.45) is 0 Å². The zero-order valence-electron chi connectivity index (χ0n) is 14.7. The molecule has 1 aliphatic heterocycles. The Balaban J connectivity index is 0.000000351. The van der Waals surface area contributed by atoms with Crippen molar-refractivity contribution in [3.05, 3.63) is 28.2 Å². The summed E-state index contributed by atoms with van der Waals surface area (Å²) in [6.07, 6.45) is 2.86. The lowest BCUT2D eigenvalue weighted by Crippen LogP contribution is -2.27. The molecular weight excluding hydrogens is 372 g/mol. The van der Waals surface area contributed by atoms with Gasteiger partial charge in [0.25, 0.3) is 6.47 Å². The largest absolute Gasteiger partial charge is 0.462 e. The van der Waals surface area contributed by atoms with Gasteiger partial charge in [-0.25, -0.2) is 0 Å². The number of Topliss-reactive ketones (excluding diaryl/α,β-unsaturated/α-hetero) is 1. The van der Waals surface area contributed by atoms with Gasteiger partial charge in [-0.1, -0.05) is 15.9 Å². The molecule has 0 aliphatic carbocycles. The van der Waals surface area contributed by atoms with Gasteiger partial charge < -0.3 is 10.5 Å². The Bertz CT molecular complexity index is 550. The fourth-order valence-corrected chi connectivity index (χ4v) is 2.74. The van der Waals surface area contributed by atoms with E-state index in [2.05, 4.69) is 25.6 Å². The minimum atomic E-state index is -0.318. The van der Waals surface area contributed by atoms with Gasteiger partial charge in [0.1, 0.15) is 5.60 Å². The number of hydrogen-bond donors (Lipinski definition) is 1. The van der Waals surface area contributed by atoms with E-state index in [1.165, 1.54) is 12.8 Å². The topological polar surface area (TPSA) is 72.6 Å². The second-order valence-corrected chi connectivity index (χ2v) is 7.78. The molecule has 1 aromatic rings. The summed E-state index contributed by atoms with van der Waals surface area (Å²) in [5, 5.41) is 0. The average Bonchev–Trinajstić information content (AvgIpc) is 2.95. The third kappa shape index (κ3) is 8.45. The summed E-state index contributed by atoms with van der Waals surface area (Å²) in [6, 6.07) is 5.66. The molecule has 1 saturated heterocycles. The Labute approximate surface area is 152 Å². The highest BCUT2D eigenvalue weighted by molar-refractivity contribution is 9.10. The van der Waals surface area contributed by atoms with Crippen LogP contribution in [0.15, 0.2) is 22.7 Å². The first-order chi connectivity index (χ1) is 11.2. The molecule has 0 atom stereocenters. The van der Waals surface area contributed by atoms with Crippen LogP contribution < -0.4 is 5.73 Å². The molecule has 0 aromatic heterocycles. The molecule has 0 radical (unpaired) electrons. The van der Waals surface area contributed by atoms with Crippen LogP contribution in [-0.2, 0) is 20.7 Å². The number of nitrogens with zero attached hydrogens (tertiary/aromatic N) is 1. The van der Waals surface area contributed by atoms with Crippen molar-refractivity contribution < 1.29 is 14.3 Å². The summed E-state index contributed by atoms with van der Waals surface area (Å²) in [6.45, 7) is 8.59. The maximum Gasteiger partial charge on any atom is 0.293 e. The highest BCUT2D eigenvalue weighted by atomic mass is 79.9. The number of nitrogens with two attached hydrogens (primary N) is 1. The van der Waals surface area contributed by atoms with E-state index in [1.54, 1.807) is 0 Å². The number of ketones is 1. The van der Waals surface area contributed by atoms with Gasteiger partial charge in [-0.3, -0.25) is 14.5 Å². The van der Waals surface area contributed by atoms with Gasteiger partial charge in [0.05, 0.1) is 6.54 Å². The molecule has 2 N–H and O–H groups in total. The molecule has 1 aromatic carbocycles. The lowest BCUT2D eigenvalue weighted by Gasteiger charge is -2.14. The van der Waals surface area contributed by atoms with Crippen LogP contribution in [0.4, 0.5) is 5.69 Å². The van der Waals surface area contributed by atoms with E-state index >= 15 is 0 Å². The number of carbonyl (C=O) groups excluding carboxylic acids is 2. The van der Waals surface area contributed by atoms with Gasteiger partial charge in [0, 0.05) is 16.6 Å². The Morgan fingerprint density at radius 1 is 1.33 bits per heavy atom. The molecule has 0 spiro atoms. The Hall–Kier alpha value is -1.40. The van der Waals surface area contributed by atoms with Gasteiger partial charge in [-0.2, -0.15) is 0 Å². The number of anilines is 1. The monoisotopic (exact) mass is 398 g/mol. The zero-order chi connectivity index (χ0) is 18.2. The Kier molecular flexibility index (Phi) is 8.42. The van der Waals surface area contributed by atoms with Gasteiger partial charge in [0.15, 0.2) is 5.78 Å². The average molecular weight is 399 g/mol. The molecular formula is C18H27BrN2O3. The van der Waals surface area contributed by atoms with E-state index in [0.29, 0.717) is 25.1 Å².